The Morgan fingerprint density at radius 2 is 2.18 bits per heavy atom. The molecule has 17 heavy (non-hydrogen) atoms. The first-order chi connectivity index (χ1) is 8.31. The Kier molecular flexibility index (Phi) is 4.84. The summed E-state index contributed by atoms with van der Waals surface area (Å²) >= 11 is 0. The fourth-order valence-electron chi connectivity index (χ4n) is 3.18. The van der Waals surface area contributed by atoms with Gasteiger partial charge in [0, 0.05) is 18.5 Å². The van der Waals surface area contributed by atoms with Crippen molar-refractivity contribution in [1.29, 1.82) is 0 Å². The fourth-order valence-corrected chi connectivity index (χ4v) is 3.18. The lowest BCUT2D eigenvalue weighted by Gasteiger charge is -2.40. The Morgan fingerprint density at radius 3 is 3.00 bits per heavy atom. The smallest absolute Gasteiger partial charge is 0.307 e. The van der Waals surface area contributed by atoms with E-state index in [1.807, 2.05) is 0 Å². The number of hydrogen-bond acceptors (Lipinski definition) is 3. The highest BCUT2D eigenvalue weighted by molar-refractivity contribution is 5.69. The van der Waals surface area contributed by atoms with Gasteiger partial charge in [-0.3, -0.25) is 9.69 Å². The van der Waals surface area contributed by atoms with Crippen molar-refractivity contribution in [1.82, 2.24) is 4.90 Å². The topological polar surface area (TPSA) is 29.5 Å². The van der Waals surface area contributed by atoms with Crippen molar-refractivity contribution in [2.75, 3.05) is 6.73 Å². The molecule has 0 aliphatic carbocycles. The molecule has 0 amide bonds. The van der Waals surface area contributed by atoms with Crippen molar-refractivity contribution in [2.45, 2.75) is 76.8 Å². The van der Waals surface area contributed by atoms with E-state index in [0.717, 1.165) is 6.42 Å². The van der Waals surface area contributed by atoms with E-state index in [-0.39, 0.29) is 5.97 Å². The second-order valence-corrected chi connectivity index (χ2v) is 5.43. The summed E-state index contributed by atoms with van der Waals surface area (Å²) in [4.78, 5) is 13.8. The summed E-state index contributed by atoms with van der Waals surface area (Å²) < 4.78 is 5.30. The van der Waals surface area contributed by atoms with Gasteiger partial charge in [0.1, 0.15) is 6.73 Å². The van der Waals surface area contributed by atoms with E-state index >= 15 is 0 Å². The number of carbonyl (C=O) groups excluding carboxylic acids is 1. The molecule has 2 fully saturated rings. The van der Waals surface area contributed by atoms with E-state index in [9.17, 15) is 4.79 Å². The van der Waals surface area contributed by atoms with Crippen LogP contribution in [0.25, 0.3) is 0 Å². The van der Waals surface area contributed by atoms with E-state index in [1.54, 1.807) is 0 Å². The summed E-state index contributed by atoms with van der Waals surface area (Å²) in [6.07, 6.45) is 10.7. The Bertz CT molecular complexity index is 255. The van der Waals surface area contributed by atoms with Crippen molar-refractivity contribution in [3.63, 3.8) is 0 Å². The van der Waals surface area contributed by atoms with E-state index in [2.05, 4.69) is 11.8 Å². The Hall–Kier alpha value is -0.570. The molecule has 2 atom stereocenters. The summed E-state index contributed by atoms with van der Waals surface area (Å²) in [5.41, 5.74) is 0. The third-order valence-corrected chi connectivity index (χ3v) is 4.21. The zero-order valence-electron chi connectivity index (χ0n) is 11.0. The van der Waals surface area contributed by atoms with Gasteiger partial charge in [-0.1, -0.05) is 32.6 Å². The van der Waals surface area contributed by atoms with E-state index in [0.29, 0.717) is 25.2 Å². The number of fused-ring (bicyclic) bond motifs is 1. The number of rotatable bonds is 4. The van der Waals surface area contributed by atoms with Crippen LogP contribution in [0.4, 0.5) is 0 Å². The highest BCUT2D eigenvalue weighted by atomic mass is 16.5. The minimum atomic E-state index is -0.00768. The zero-order chi connectivity index (χ0) is 12.1. The van der Waals surface area contributed by atoms with Gasteiger partial charge in [0.2, 0.25) is 0 Å². The molecule has 2 aliphatic rings. The SMILES string of the molecule is CCCCC[C@H]1CCCC2CCC(=O)OCN21. The summed E-state index contributed by atoms with van der Waals surface area (Å²) in [5.74, 6) is -0.00768. The van der Waals surface area contributed by atoms with Crippen molar-refractivity contribution < 1.29 is 9.53 Å². The van der Waals surface area contributed by atoms with Gasteiger partial charge in [-0.15, -0.1) is 0 Å². The molecule has 0 aromatic rings. The molecule has 1 unspecified atom stereocenters. The molecule has 98 valence electrons. The molecule has 2 saturated heterocycles. The minimum absolute atomic E-state index is 0.00768. The molecular weight excluding hydrogens is 214 g/mol. The van der Waals surface area contributed by atoms with Crippen LogP contribution in [0.5, 0.6) is 0 Å². The quantitative estimate of drug-likeness (QED) is 0.558. The van der Waals surface area contributed by atoms with Crippen molar-refractivity contribution in [2.24, 2.45) is 0 Å². The molecule has 0 radical (unpaired) electrons. The number of ether oxygens (including phenoxy) is 1. The number of nitrogens with zero attached hydrogens (tertiary/aromatic N) is 1. The van der Waals surface area contributed by atoms with Gasteiger partial charge in [0.05, 0.1) is 0 Å². The van der Waals surface area contributed by atoms with Crippen LogP contribution < -0.4 is 0 Å². The van der Waals surface area contributed by atoms with Crippen LogP contribution in [0.15, 0.2) is 0 Å². The first-order valence-corrected chi connectivity index (χ1v) is 7.22. The van der Waals surface area contributed by atoms with Gasteiger partial charge in [0.15, 0.2) is 0 Å². The van der Waals surface area contributed by atoms with E-state index in [1.165, 1.54) is 44.9 Å². The summed E-state index contributed by atoms with van der Waals surface area (Å²) in [6.45, 7) is 2.79. The maximum absolute atomic E-state index is 11.3. The van der Waals surface area contributed by atoms with E-state index < -0.39 is 0 Å². The first kappa shape index (κ1) is 12.9. The summed E-state index contributed by atoms with van der Waals surface area (Å²) in [7, 11) is 0. The second kappa shape index (κ2) is 6.39. The highest BCUT2D eigenvalue weighted by Gasteiger charge is 2.33. The van der Waals surface area contributed by atoms with Crippen LogP contribution in [0.3, 0.4) is 0 Å². The normalized spacial score (nSPS) is 30.5. The minimum Gasteiger partial charge on any atom is -0.449 e. The van der Waals surface area contributed by atoms with Gasteiger partial charge in [-0.05, 0) is 25.7 Å². The monoisotopic (exact) mass is 239 g/mol. The maximum atomic E-state index is 11.3. The lowest BCUT2D eigenvalue weighted by molar-refractivity contribution is -0.147. The number of unbranched alkanes of at least 4 members (excludes halogenated alkanes) is 2. The van der Waals surface area contributed by atoms with Gasteiger partial charge in [-0.2, -0.15) is 0 Å². The molecule has 0 N–H and O–H groups in total. The number of cyclic esters (lactones) is 1. The standard InChI is InChI=1S/C14H25NO2/c1-2-3-4-6-12-7-5-8-13-9-10-14(16)17-11-15(12)13/h12-13H,2-11H2,1H3/t12-,13?/m0/s1. The largest absolute Gasteiger partial charge is 0.449 e. The fraction of sp³-hybridized carbons (Fsp3) is 0.929. The summed E-state index contributed by atoms with van der Waals surface area (Å²) in [6, 6.07) is 1.26. The van der Waals surface area contributed by atoms with Crippen LogP contribution in [0.2, 0.25) is 0 Å². The predicted molar refractivity (Wildman–Crippen MR) is 67.6 cm³/mol. The second-order valence-electron chi connectivity index (χ2n) is 5.43. The van der Waals surface area contributed by atoms with Crippen molar-refractivity contribution in [3.05, 3.63) is 0 Å². The molecule has 0 saturated carbocycles. The van der Waals surface area contributed by atoms with Crippen molar-refractivity contribution in [3.8, 4) is 0 Å². The van der Waals surface area contributed by atoms with Crippen LogP contribution in [0.1, 0.15) is 64.7 Å². The zero-order valence-corrected chi connectivity index (χ0v) is 11.0. The average Bonchev–Trinajstić information content (AvgIpc) is 2.53. The maximum Gasteiger partial charge on any atom is 0.307 e. The molecule has 0 aromatic heterocycles. The third kappa shape index (κ3) is 3.44. The highest BCUT2D eigenvalue weighted by Crippen LogP contribution is 2.30. The lowest BCUT2D eigenvalue weighted by atomic mass is 9.91. The number of carbonyl (C=O) groups is 1. The van der Waals surface area contributed by atoms with Gasteiger partial charge in [0.25, 0.3) is 0 Å². The predicted octanol–water partition coefficient (Wildman–Crippen LogP) is 3.08. The molecular formula is C14H25NO2. The molecule has 3 nitrogen and oxygen atoms in total. The van der Waals surface area contributed by atoms with Crippen LogP contribution in [0, 0.1) is 0 Å². The third-order valence-electron chi connectivity index (χ3n) is 4.21. The van der Waals surface area contributed by atoms with Gasteiger partial charge in [-0.25, -0.2) is 0 Å². The molecule has 2 heterocycles. The first-order valence-electron chi connectivity index (χ1n) is 7.22. The van der Waals surface area contributed by atoms with E-state index in [4.69, 9.17) is 4.74 Å². The van der Waals surface area contributed by atoms with Gasteiger partial charge < -0.3 is 4.74 Å². The molecule has 0 aromatic carbocycles. The molecule has 0 bridgehead atoms. The lowest BCUT2D eigenvalue weighted by Crippen LogP contribution is -2.46. The number of piperidine rings is 1. The van der Waals surface area contributed by atoms with Gasteiger partial charge >= 0.3 is 5.97 Å². The number of esters is 1. The number of hydrogen-bond donors (Lipinski definition) is 0. The van der Waals surface area contributed by atoms with Crippen molar-refractivity contribution >= 4 is 5.97 Å². The van der Waals surface area contributed by atoms with Crippen LogP contribution in [-0.4, -0.2) is 29.7 Å². The Morgan fingerprint density at radius 1 is 1.29 bits per heavy atom. The molecule has 2 aliphatic heterocycles. The molecule has 3 heteroatoms. The Balaban J connectivity index is 1.89. The molecule has 0 spiro atoms. The summed E-state index contributed by atoms with van der Waals surface area (Å²) in [5, 5.41) is 0. The Labute approximate surface area is 105 Å². The molecule has 2 rings (SSSR count). The van der Waals surface area contributed by atoms with Crippen LogP contribution in [-0.2, 0) is 9.53 Å². The average molecular weight is 239 g/mol. The van der Waals surface area contributed by atoms with Crippen LogP contribution >= 0.6 is 0 Å².